The van der Waals surface area contributed by atoms with Crippen molar-refractivity contribution in [3.63, 3.8) is 0 Å². The second-order valence-electron chi connectivity index (χ2n) is 4.77. The normalized spacial score (nSPS) is 12.6. The van der Waals surface area contributed by atoms with Crippen LogP contribution in [-0.2, 0) is 11.3 Å². The lowest BCUT2D eigenvalue weighted by molar-refractivity contribution is 0.106. The smallest absolute Gasteiger partial charge is 0.122 e. The van der Waals surface area contributed by atoms with Crippen molar-refractivity contribution in [2.75, 3.05) is 26.8 Å². The number of hydrogen-bond acceptors (Lipinski definition) is 3. The Morgan fingerprint density at radius 1 is 1.19 bits per heavy atom. The Balaban J connectivity index is 2.20. The number of alkyl halides is 1. The molecule has 1 aromatic carbocycles. The van der Waals surface area contributed by atoms with E-state index >= 15 is 0 Å². The summed E-state index contributed by atoms with van der Waals surface area (Å²) in [7, 11) is 1.64. The summed E-state index contributed by atoms with van der Waals surface area (Å²) in [4.78, 5) is 2.06. The van der Waals surface area contributed by atoms with Gasteiger partial charge in [-0.1, -0.05) is 12.1 Å². The van der Waals surface area contributed by atoms with Crippen molar-refractivity contribution in [2.45, 2.75) is 33.0 Å². The average molecular weight is 295 g/mol. The van der Waals surface area contributed by atoms with Gasteiger partial charge in [-0.15, -0.1) is 0 Å². The molecular weight excluding hydrogens is 269 g/mol. The number of benzene rings is 1. The van der Waals surface area contributed by atoms with Crippen LogP contribution in [0.5, 0.6) is 5.75 Å². The molecule has 0 radical (unpaired) electrons. The third-order valence-corrected chi connectivity index (χ3v) is 3.28. The van der Waals surface area contributed by atoms with Gasteiger partial charge in [0, 0.05) is 19.5 Å². The van der Waals surface area contributed by atoms with Crippen LogP contribution in [0.15, 0.2) is 36.5 Å². The number of nitrogens with zero attached hydrogens (tertiary/aromatic N) is 1. The largest absolute Gasteiger partial charge is 0.497 e. The Hall–Kier alpha value is -1.55. The zero-order valence-electron chi connectivity index (χ0n) is 13.2. The molecule has 4 heteroatoms. The van der Waals surface area contributed by atoms with Crippen LogP contribution < -0.4 is 4.74 Å². The molecule has 118 valence electrons. The lowest BCUT2D eigenvalue weighted by Gasteiger charge is -2.15. The number of methoxy groups -OCH3 is 1. The van der Waals surface area contributed by atoms with Crippen molar-refractivity contribution < 1.29 is 13.9 Å². The topological polar surface area (TPSA) is 21.7 Å². The van der Waals surface area contributed by atoms with E-state index in [9.17, 15) is 4.39 Å². The fraction of sp³-hybridized carbons (Fsp3) is 0.529. The molecule has 0 aromatic heterocycles. The van der Waals surface area contributed by atoms with Crippen molar-refractivity contribution >= 4 is 0 Å². The van der Waals surface area contributed by atoms with Crippen LogP contribution in [0, 0.1) is 0 Å². The van der Waals surface area contributed by atoms with E-state index < -0.39 is 6.17 Å². The molecule has 0 saturated carbocycles. The predicted molar refractivity (Wildman–Crippen MR) is 84.2 cm³/mol. The van der Waals surface area contributed by atoms with Gasteiger partial charge in [-0.05, 0) is 43.8 Å². The van der Waals surface area contributed by atoms with Crippen molar-refractivity contribution in [1.29, 1.82) is 0 Å². The molecule has 21 heavy (non-hydrogen) atoms. The lowest BCUT2D eigenvalue weighted by atomic mass is 10.2. The Morgan fingerprint density at radius 2 is 1.86 bits per heavy atom. The first-order chi connectivity index (χ1) is 10.2. The fourth-order valence-corrected chi connectivity index (χ4v) is 1.85. The van der Waals surface area contributed by atoms with Gasteiger partial charge in [0.05, 0.1) is 20.3 Å². The third-order valence-electron chi connectivity index (χ3n) is 3.28. The number of ether oxygens (including phenoxy) is 2. The first kappa shape index (κ1) is 17.5. The molecule has 0 bridgehead atoms. The Kier molecular flexibility index (Phi) is 8.51. The molecule has 0 spiro atoms. The maximum atomic E-state index is 13.7. The number of allylic oxidation sites excluding steroid dienone is 1. The summed E-state index contributed by atoms with van der Waals surface area (Å²) in [5.74, 6) is 0.823. The van der Waals surface area contributed by atoms with Crippen LogP contribution in [0.4, 0.5) is 4.39 Å². The van der Waals surface area contributed by atoms with E-state index in [0.29, 0.717) is 19.6 Å². The molecule has 0 heterocycles. The van der Waals surface area contributed by atoms with Crippen LogP contribution in [0.1, 0.15) is 25.8 Å². The van der Waals surface area contributed by atoms with E-state index in [0.717, 1.165) is 24.4 Å². The van der Waals surface area contributed by atoms with Gasteiger partial charge in [0.2, 0.25) is 0 Å². The summed E-state index contributed by atoms with van der Waals surface area (Å²) in [6.45, 7) is 6.81. The molecule has 0 aliphatic carbocycles. The van der Waals surface area contributed by atoms with Gasteiger partial charge in [0.15, 0.2) is 0 Å². The maximum absolute atomic E-state index is 13.7. The highest BCUT2D eigenvalue weighted by Crippen LogP contribution is 2.12. The van der Waals surface area contributed by atoms with Crippen LogP contribution in [0.3, 0.4) is 0 Å². The molecule has 1 atom stereocenters. The van der Waals surface area contributed by atoms with Gasteiger partial charge < -0.3 is 14.4 Å². The molecule has 0 amide bonds. The minimum absolute atomic E-state index is 0.383. The monoisotopic (exact) mass is 295 g/mol. The van der Waals surface area contributed by atoms with Crippen molar-refractivity contribution in [3.05, 3.63) is 42.1 Å². The van der Waals surface area contributed by atoms with Crippen LogP contribution in [0.25, 0.3) is 0 Å². The Labute approximate surface area is 127 Å². The molecule has 0 aliphatic heterocycles. The van der Waals surface area contributed by atoms with Crippen molar-refractivity contribution in [1.82, 2.24) is 4.90 Å². The van der Waals surface area contributed by atoms with Gasteiger partial charge in [0.25, 0.3) is 0 Å². The minimum atomic E-state index is -0.957. The van der Waals surface area contributed by atoms with Crippen molar-refractivity contribution in [2.24, 2.45) is 0 Å². The van der Waals surface area contributed by atoms with Crippen molar-refractivity contribution in [3.8, 4) is 5.75 Å². The lowest BCUT2D eigenvalue weighted by Crippen LogP contribution is -2.16. The first-order valence-corrected chi connectivity index (χ1v) is 7.46. The SMILES string of the molecule is CCN(/C=C/C(F)CCOCc1ccc(OC)cc1)CC. The quantitative estimate of drug-likeness (QED) is 0.613. The van der Waals surface area contributed by atoms with Crippen LogP contribution >= 0.6 is 0 Å². The van der Waals surface area contributed by atoms with E-state index in [1.165, 1.54) is 0 Å². The fourth-order valence-electron chi connectivity index (χ4n) is 1.85. The maximum Gasteiger partial charge on any atom is 0.122 e. The summed E-state index contributed by atoms with van der Waals surface area (Å²) in [5.41, 5.74) is 1.06. The minimum Gasteiger partial charge on any atom is -0.497 e. The number of hydrogen-bond donors (Lipinski definition) is 0. The van der Waals surface area contributed by atoms with Gasteiger partial charge in [-0.3, -0.25) is 0 Å². The Morgan fingerprint density at radius 3 is 2.43 bits per heavy atom. The van der Waals surface area contributed by atoms with Gasteiger partial charge >= 0.3 is 0 Å². The summed E-state index contributed by atoms with van der Waals surface area (Å²) in [5, 5.41) is 0. The summed E-state index contributed by atoms with van der Waals surface area (Å²) in [6.07, 6.45) is 2.85. The zero-order chi connectivity index (χ0) is 15.5. The Bertz CT molecular complexity index is 402. The molecule has 0 N–H and O–H groups in total. The summed E-state index contributed by atoms with van der Waals surface area (Å²) < 4.78 is 24.2. The molecule has 1 unspecified atom stereocenters. The van der Waals surface area contributed by atoms with E-state index in [1.54, 1.807) is 13.2 Å². The van der Waals surface area contributed by atoms with Gasteiger partial charge in [-0.25, -0.2) is 4.39 Å². The molecule has 0 aliphatic rings. The zero-order valence-corrected chi connectivity index (χ0v) is 13.2. The highest BCUT2D eigenvalue weighted by atomic mass is 19.1. The van der Waals surface area contributed by atoms with E-state index in [4.69, 9.17) is 9.47 Å². The predicted octanol–water partition coefficient (Wildman–Crippen LogP) is 3.80. The van der Waals surface area contributed by atoms with Gasteiger partial charge in [0.1, 0.15) is 11.9 Å². The molecule has 0 fully saturated rings. The van der Waals surface area contributed by atoms with E-state index in [1.807, 2.05) is 30.5 Å². The molecular formula is C17H26FNO2. The average Bonchev–Trinajstić information content (AvgIpc) is 2.53. The molecule has 0 saturated heterocycles. The second kappa shape index (κ2) is 10.2. The van der Waals surface area contributed by atoms with E-state index in [-0.39, 0.29) is 0 Å². The molecule has 3 nitrogen and oxygen atoms in total. The highest BCUT2D eigenvalue weighted by molar-refractivity contribution is 5.26. The second-order valence-corrected chi connectivity index (χ2v) is 4.77. The molecule has 1 aromatic rings. The van der Waals surface area contributed by atoms with Crippen LogP contribution in [0.2, 0.25) is 0 Å². The summed E-state index contributed by atoms with van der Waals surface area (Å²) >= 11 is 0. The third kappa shape index (κ3) is 7.14. The standard InChI is InChI=1S/C17H26FNO2/c1-4-19(5-2)12-10-16(18)11-13-21-14-15-6-8-17(20-3)9-7-15/h6-10,12,16H,4-5,11,13-14H2,1-3H3/b12-10+. The van der Waals surface area contributed by atoms with E-state index in [2.05, 4.69) is 18.7 Å². The first-order valence-electron chi connectivity index (χ1n) is 7.46. The molecule has 1 rings (SSSR count). The number of rotatable bonds is 10. The number of halogens is 1. The van der Waals surface area contributed by atoms with Crippen LogP contribution in [-0.4, -0.2) is 37.9 Å². The highest BCUT2D eigenvalue weighted by Gasteiger charge is 2.03. The summed E-state index contributed by atoms with van der Waals surface area (Å²) in [6, 6.07) is 7.69. The van der Waals surface area contributed by atoms with Gasteiger partial charge in [-0.2, -0.15) is 0 Å².